The topological polar surface area (TPSA) is 66.2 Å². The zero-order valence-electron chi connectivity index (χ0n) is 17.4. The lowest BCUT2D eigenvalue weighted by Gasteiger charge is -2.14. The quantitative estimate of drug-likeness (QED) is 0.362. The summed E-state index contributed by atoms with van der Waals surface area (Å²) in [5.41, 5.74) is 1.32. The molecule has 158 valence electrons. The number of aromatic nitrogens is 3. The van der Waals surface area contributed by atoms with Gasteiger partial charge in [-0.1, -0.05) is 25.6 Å². The summed E-state index contributed by atoms with van der Waals surface area (Å²) in [7, 11) is 3.18. The lowest BCUT2D eigenvalue weighted by atomic mass is 10.1. The molecule has 0 aliphatic heterocycles. The lowest BCUT2D eigenvalue weighted by Crippen LogP contribution is -2.09. The number of carbonyl (C=O) groups excluding carboxylic acids is 1. The number of nitrogens with zero attached hydrogens (tertiary/aromatic N) is 3. The lowest BCUT2D eigenvalue weighted by molar-refractivity contribution is 0.102. The maximum atomic E-state index is 13.1. The van der Waals surface area contributed by atoms with E-state index in [1.807, 2.05) is 22.8 Å². The van der Waals surface area contributed by atoms with E-state index in [1.165, 1.54) is 36.0 Å². The van der Waals surface area contributed by atoms with Crippen LogP contribution in [0.2, 0.25) is 0 Å². The van der Waals surface area contributed by atoms with Crippen LogP contribution >= 0.6 is 11.8 Å². The van der Waals surface area contributed by atoms with Gasteiger partial charge in [-0.2, -0.15) is 0 Å². The van der Waals surface area contributed by atoms with E-state index in [-0.39, 0.29) is 17.4 Å². The normalized spacial score (nSPS) is 11.0. The number of Topliss-reactive ketones (excluding diaryl/α,β-unsaturated/α-hetero) is 1. The molecule has 8 heteroatoms. The van der Waals surface area contributed by atoms with Gasteiger partial charge in [0.15, 0.2) is 28.3 Å². The number of thioether (sulfide) groups is 1. The van der Waals surface area contributed by atoms with E-state index in [0.29, 0.717) is 40.5 Å². The van der Waals surface area contributed by atoms with Crippen molar-refractivity contribution in [2.45, 2.75) is 25.5 Å². The van der Waals surface area contributed by atoms with Gasteiger partial charge in [-0.3, -0.25) is 4.79 Å². The molecule has 0 spiro atoms. The molecule has 0 aliphatic rings. The highest BCUT2D eigenvalue weighted by molar-refractivity contribution is 7.99. The van der Waals surface area contributed by atoms with Gasteiger partial charge in [0.05, 0.1) is 20.0 Å². The van der Waals surface area contributed by atoms with E-state index in [1.54, 1.807) is 14.2 Å². The molecule has 0 unspecified atom stereocenters. The molecule has 0 bridgehead atoms. The fraction of sp³-hybridized carbons (Fsp3) is 0.318. The van der Waals surface area contributed by atoms with Crippen molar-refractivity contribution in [3.8, 4) is 22.9 Å². The van der Waals surface area contributed by atoms with Crippen molar-refractivity contribution in [1.82, 2.24) is 14.8 Å². The zero-order valence-corrected chi connectivity index (χ0v) is 18.2. The second kappa shape index (κ2) is 9.75. The summed E-state index contributed by atoms with van der Waals surface area (Å²) in [6.45, 7) is 4.91. The van der Waals surface area contributed by atoms with Crippen LogP contribution in [-0.4, -0.2) is 40.5 Å². The minimum Gasteiger partial charge on any atom is -0.493 e. The Balaban J connectivity index is 1.86. The molecule has 0 N–H and O–H groups in total. The Morgan fingerprint density at radius 1 is 1.07 bits per heavy atom. The number of methoxy groups -OCH3 is 2. The molecule has 0 atom stereocenters. The van der Waals surface area contributed by atoms with E-state index in [2.05, 4.69) is 24.0 Å². The molecule has 3 rings (SSSR count). The van der Waals surface area contributed by atoms with Crippen molar-refractivity contribution in [3.05, 3.63) is 53.8 Å². The van der Waals surface area contributed by atoms with Crippen molar-refractivity contribution < 1.29 is 18.7 Å². The van der Waals surface area contributed by atoms with Crippen LogP contribution in [0, 0.1) is 11.7 Å². The molecule has 6 nitrogen and oxygen atoms in total. The smallest absolute Gasteiger partial charge is 0.191 e. The van der Waals surface area contributed by atoms with Crippen molar-refractivity contribution in [2.75, 3.05) is 20.0 Å². The molecule has 0 saturated heterocycles. The van der Waals surface area contributed by atoms with Crippen LogP contribution in [-0.2, 0) is 6.54 Å². The summed E-state index contributed by atoms with van der Waals surface area (Å²) in [5.74, 6) is 2.02. The highest BCUT2D eigenvalue weighted by Gasteiger charge is 2.18. The average molecular weight is 430 g/mol. The van der Waals surface area contributed by atoms with E-state index in [9.17, 15) is 9.18 Å². The molecule has 1 heterocycles. The molecule has 0 radical (unpaired) electrons. The molecule has 30 heavy (non-hydrogen) atoms. The fourth-order valence-corrected chi connectivity index (χ4v) is 3.81. The van der Waals surface area contributed by atoms with Crippen LogP contribution in [0.25, 0.3) is 11.4 Å². The Morgan fingerprint density at radius 3 is 2.40 bits per heavy atom. The summed E-state index contributed by atoms with van der Waals surface area (Å²) in [6, 6.07) is 11.1. The summed E-state index contributed by atoms with van der Waals surface area (Å²) in [4.78, 5) is 12.5. The van der Waals surface area contributed by atoms with Crippen LogP contribution in [0.15, 0.2) is 47.6 Å². The van der Waals surface area contributed by atoms with Gasteiger partial charge in [-0.15, -0.1) is 10.2 Å². The van der Waals surface area contributed by atoms with Crippen molar-refractivity contribution in [2.24, 2.45) is 5.92 Å². The first-order valence-corrected chi connectivity index (χ1v) is 10.5. The van der Waals surface area contributed by atoms with Crippen LogP contribution in [0.5, 0.6) is 11.5 Å². The van der Waals surface area contributed by atoms with Gasteiger partial charge >= 0.3 is 0 Å². The van der Waals surface area contributed by atoms with Crippen LogP contribution in [0.1, 0.15) is 24.2 Å². The first-order valence-electron chi connectivity index (χ1n) is 9.50. The number of ketones is 1. The third-order valence-corrected chi connectivity index (χ3v) is 5.37. The first-order chi connectivity index (χ1) is 14.4. The molecule has 0 amide bonds. The number of benzene rings is 2. The summed E-state index contributed by atoms with van der Waals surface area (Å²) in [5, 5.41) is 9.34. The predicted molar refractivity (Wildman–Crippen MR) is 115 cm³/mol. The Labute approximate surface area is 179 Å². The molecular formula is C22H24FN3O3S. The van der Waals surface area contributed by atoms with Gasteiger partial charge in [-0.25, -0.2) is 4.39 Å². The third-order valence-electron chi connectivity index (χ3n) is 4.40. The highest BCUT2D eigenvalue weighted by atomic mass is 32.2. The fourth-order valence-electron chi connectivity index (χ4n) is 2.96. The van der Waals surface area contributed by atoms with Gasteiger partial charge in [0.2, 0.25) is 0 Å². The molecule has 0 aliphatic carbocycles. The van der Waals surface area contributed by atoms with E-state index in [0.717, 1.165) is 5.56 Å². The number of hydrogen-bond acceptors (Lipinski definition) is 6. The third kappa shape index (κ3) is 4.99. The standard InChI is InChI=1S/C22H24FN3O3S/c1-14(2)12-26-21(16-7-10-19(28-3)20(11-16)29-4)24-25-22(26)30-13-18(27)15-5-8-17(23)9-6-15/h5-11,14H,12-13H2,1-4H3. The Kier molecular flexibility index (Phi) is 7.10. The van der Waals surface area contributed by atoms with Gasteiger partial charge in [0, 0.05) is 17.7 Å². The first kappa shape index (κ1) is 21.8. The monoisotopic (exact) mass is 429 g/mol. The average Bonchev–Trinajstić information content (AvgIpc) is 3.13. The second-order valence-electron chi connectivity index (χ2n) is 7.10. The Hall–Kier alpha value is -2.87. The zero-order chi connectivity index (χ0) is 21.7. The minimum atomic E-state index is -0.365. The Morgan fingerprint density at radius 2 is 1.77 bits per heavy atom. The molecular weight excluding hydrogens is 405 g/mol. The maximum Gasteiger partial charge on any atom is 0.191 e. The van der Waals surface area contributed by atoms with Gasteiger partial charge in [0.1, 0.15) is 5.82 Å². The number of carbonyl (C=O) groups is 1. The van der Waals surface area contributed by atoms with E-state index >= 15 is 0 Å². The number of hydrogen-bond donors (Lipinski definition) is 0. The van der Waals surface area contributed by atoms with E-state index in [4.69, 9.17) is 9.47 Å². The molecule has 2 aromatic carbocycles. The maximum absolute atomic E-state index is 13.1. The highest BCUT2D eigenvalue weighted by Crippen LogP contribution is 2.33. The minimum absolute atomic E-state index is 0.0910. The number of ether oxygens (including phenoxy) is 2. The number of halogens is 1. The summed E-state index contributed by atoms with van der Waals surface area (Å²) in [6.07, 6.45) is 0. The molecule has 3 aromatic rings. The Bertz CT molecular complexity index is 1020. The van der Waals surface area contributed by atoms with Crippen LogP contribution in [0.3, 0.4) is 0 Å². The van der Waals surface area contributed by atoms with E-state index < -0.39 is 0 Å². The SMILES string of the molecule is COc1ccc(-c2nnc(SCC(=O)c3ccc(F)cc3)n2CC(C)C)cc1OC. The van der Waals surface area contributed by atoms with Crippen molar-refractivity contribution >= 4 is 17.5 Å². The summed E-state index contributed by atoms with van der Waals surface area (Å²) < 4.78 is 25.8. The number of rotatable bonds is 9. The second-order valence-corrected chi connectivity index (χ2v) is 8.04. The van der Waals surface area contributed by atoms with Crippen LogP contribution < -0.4 is 9.47 Å². The predicted octanol–water partition coefficient (Wildman–Crippen LogP) is 4.73. The molecule has 0 saturated carbocycles. The summed E-state index contributed by atoms with van der Waals surface area (Å²) >= 11 is 1.32. The molecule has 0 fully saturated rings. The van der Waals surface area contributed by atoms with Crippen molar-refractivity contribution in [3.63, 3.8) is 0 Å². The van der Waals surface area contributed by atoms with Gasteiger partial charge < -0.3 is 14.0 Å². The van der Waals surface area contributed by atoms with Crippen LogP contribution in [0.4, 0.5) is 4.39 Å². The van der Waals surface area contributed by atoms with Gasteiger partial charge in [0.25, 0.3) is 0 Å². The van der Waals surface area contributed by atoms with Crippen molar-refractivity contribution in [1.29, 1.82) is 0 Å². The largest absolute Gasteiger partial charge is 0.493 e. The van der Waals surface area contributed by atoms with Gasteiger partial charge in [-0.05, 0) is 48.4 Å². The molecule has 1 aromatic heterocycles.